The molecular formula is C14H13F3N4O2S2. The van der Waals surface area contributed by atoms with Crippen LogP contribution in [0.25, 0.3) is 0 Å². The third kappa shape index (κ3) is 7.01. The van der Waals surface area contributed by atoms with Crippen molar-refractivity contribution in [3.05, 3.63) is 36.9 Å². The first-order valence-electron chi connectivity index (χ1n) is 6.82. The predicted molar refractivity (Wildman–Crippen MR) is 91.1 cm³/mol. The van der Waals surface area contributed by atoms with Crippen LogP contribution in [0, 0.1) is 0 Å². The van der Waals surface area contributed by atoms with E-state index in [2.05, 4.69) is 32.1 Å². The van der Waals surface area contributed by atoms with Crippen molar-refractivity contribution in [1.29, 1.82) is 0 Å². The summed E-state index contributed by atoms with van der Waals surface area (Å²) < 4.78 is 40.6. The fourth-order valence-corrected chi connectivity index (χ4v) is 3.12. The number of carbonyl (C=O) groups excluding carboxylic acids is 1. The van der Waals surface area contributed by atoms with E-state index >= 15 is 0 Å². The van der Waals surface area contributed by atoms with Crippen LogP contribution in [0.15, 0.2) is 41.3 Å². The number of thioether (sulfide) groups is 1. The van der Waals surface area contributed by atoms with E-state index < -0.39 is 6.36 Å². The largest absolute Gasteiger partial charge is 0.573 e. The molecule has 1 aromatic heterocycles. The van der Waals surface area contributed by atoms with Crippen molar-refractivity contribution in [2.24, 2.45) is 0 Å². The SMILES string of the molecule is C=CCNc1nnc(SCC(=O)Nc2ccc(OC(F)(F)F)cc2)s1. The number of hydrogen-bond acceptors (Lipinski definition) is 7. The van der Waals surface area contributed by atoms with Gasteiger partial charge in [-0.1, -0.05) is 29.2 Å². The normalized spacial score (nSPS) is 11.0. The van der Waals surface area contributed by atoms with Gasteiger partial charge in [0.25, 0.3) is 0 Å². The maximum absolute atomic E-state index is 12.1. The smallest absolute Gasteiger partial charge is 0.406 e. The van der Waals surface area contributed by atoms with Crippen LogP contribution in [0.5, 0.6) is 5.75 Å². The molecule has 6 nitrogen and oxygen atoms in total. The highest BCUT2D eigenvalue weighted by atomic mass is 32.2. The number of carbonyl (C=O) groups is 1. The molecule has 0 atom stereocenters. The molecule has 0 aliphatic rings. The monoisotopic (exact) mass is 390 g/mol. The standard InChI is InChI=1S/C14H13F3N4O2S2/c1-2-7-18-12-20-21-13(25-12)24-8-11(22)19-9-3-5-10(6-4-9)23-14(15,16)17/h2-6H,1,7-8H2,(H,18,20)(H,19,22). The van der Waals surface area contributed by atoms with Gasteiger partial charge in [0.2, 0.25) is 11.0 Å². The number of nitrogens with zero attached hydrogens (tertiary/aromatic N) is 2. The van der Waals surface area contributed by atoms with Crippen molar-refractivity contribution in [2.75, 3.05) is 22.9 Å². The molecule has 0 fully saturated rings. The summed E-state index contributed by atoms with van der Waals surface area (Å²) in [6.07, 6.45) is -3.06. The molecular weight excluding hydrogens is 377 g/mol. The topological polar surface area (TPSA) is 76.1 Å². The summed E-state index contributed by atoms with van der Waals surface area (Å²) in [5, 5.41) is 14.0. The fourth-order valence-electron chi connectivity index (χ4n) is 1.56. The Kier molecular flexibility index (Phi) is 6.65. The van der Waals surface area contributed by atoms with Gasteiger partial charge in [0.05, 0.1) is 5.75 Å². The highest BCUT2D eigenvalue weighted by molar-refractivity contribution is 8.01. The third-order valence-electron chi connectivity index (χ3n) is 2.50. The first-order valence-corrected chi connectivity index (χ1v) is 8.62. The van der Waals surface area contributed by atoms with E-state index in [1.165, 1.54) is 35.2 Å². The van der Waals surface area contributed by atoms with Gasteiger partial charge < -0.3 is 15.4 Å². The summed E-state index contributed by atoms with van der Waals surface area (Å²) in [6, 6.07) is 4.90. The zero-order valence-electron chi connectivity index (χ0n) is 12.7. The lowest BCUT2D eigenvalue weighted by Crippen LogP contribution is -2.17. The molecule has 0 saturated heterocycles. The molecule has 1 amide bonds. The number of benzene rings is 1. The zero-order valence-corrected chi connectivity index (χ0v) is 14.3. The van der Waals surface area contributed by atoms with Crippen LogP contribution < -0.4 is 15.4 Å². The van der Waals surface area contributed by atoms with Gasteiger partial charge in [-0.2, -0.15) is 0 Å². The number of hydrogen-bond donors (Lipinski definition) is 2. The predicted octanol–water partition coefficient (Wildman–Crippen LogP) is 3.77. The van der Waals surface area contributed by atoms with Crippen molar-refractivity contribution in [1.82, 2.24) is 10.2 Å². The van der Waals surface area contributed by atoms with Gasteiger partial charge in [-0.3, -0.25) is 4.79 Å². The molecule has 0 spiro atoms. The Morgan fingerprint density at radius 3 is 2.68 bits per heavy atom. The minimum atomic E-state index is -4.75. The highest BCUT2D eigenvalue weighted by Crippen LogP contribution is 2.26. The number of alkyl halides is 3. The van der Waals surface area contributed by atoms with Gasteiger partial charge in [0.1, 0.15) is 5.75 Å². The van der Waals surface area contributed by atoms with E-state index in [4.69, 9.17) is 0 Å². The summed E-state index contributed by atoms with van der Waals surface area (Å²) in [7, 11) is 0. The summed E-state index contributed by atoms with van der Waals surface area (Å²) >= 11 is 2.51. The van der Waals surface area contributed by atoms with Gasteiger partial charge in [-0.15, -0.1) is 29.9 Å². The van der Waals surface area contributed by atoms with Crippen molar-refractivity contribution in [3.8, 4) is 5.75 Å². The van der Waals surface area contributed by atoms with E-state index in [1.807, 2.05) is 0 Å². The van der Waals surface area contributed by atoms with Gasteiger partial charge in [0, 0.05) is 12.2 Å². The maximum atomic E-state index is 12.1. The molecule has 0 aliphatic carbocycles. The Bertz CT molecular complexity index is 720. The Morgan fingerprint density at radius 1 is 1.32 bits per heavy atom. The molecule has 25 heavy (non-hydrogen) atoms. The van der Waals surface area contributed by atoms with Crippen LogP contribution in [-0.2, 0) is 4.79 Å². The van der Waals surface area contributed by atoms with E-state index in [1.54, 1.807) is 6.08 Å². The number of aromatic nitrogens is 2. The van der Waals surface area contributed by atoms with Crippen LogP contribution in [0.4, 0.5) is 24.0 Å². The van der Waals surface area contributed by atoms with Crippen LogP contribution in [0.1, 0.15) is 0 Å². The Labute approximate surface area is 149 Å². The van der Waals surface area contributed by atoms with Gasteiger partial charge in [0.15, 0.2) is 4.34 Å². The Balaban J connectivity index is 1.80. The highest BCUT2D eigenvalue weighted by Gasteiger charge is 2.30. The minimum Gasteiger partial charge on any atom is -0.406 e. The minimum absolute atomic E-state index is 0.0941. The number of anilines is 2. The molecule has 2 N–H and O–H groups in total. The first kappa shape index (κ1) is 19.1. The molecule has 0 bridgehead atoms. The summed E-state index contributed by atoms with van der Waals surface area (Å²) in [5.41, 5.74) is 0.366. The molecule has 0 aliphatic heterocycles. The second kappa shape index (κ2) is 8.72. The van der Waals surface area contributed by atoms with Crippen LogP contribution in [0.2, 0.25) is 0 Å². The molecule has 11 heteroatoms. The van der Waals surface area contributed by atoms with Gasteiger partial charge >= 0.3 is 6.36 Å². The quantitative estimate of drug-likeness (QED) is 0.528. The van der Waals surface area contributed by atoms with Gasteiger partial charge in [-0.05, 0) is 24.3 Å². The van der Waals surface area contributed by atoms with E-state index in [9.17, 15) is 18.0 Å². The number of nitrogens with one attached hydrogen (secondary N) is 2. The first-order chi connectivity index (χ1) is 11.9. The molecule has 134 valence electrons. The third-order valence-corrected chi connectivity index (χ3v) is 4.52. The summed E-state index contributed by atoms with van der Waals surface area (Å²) in [5.74, 6) is -0.574. The van der Waals surface area contributed by atoms with Crippen molar-refractivity contribution < 1.29 is 22.7 Å². The van der Waals surface area contributed by atoms with E-state index in [0.717, 1.165) is 12.1 Å². The number of ether oxygens (including phenoxy) is 1. The Hall–Kier alpha value is -2.27. The molecule has 2 aromatic rings. The number of halogens is 3. The lowest BCUT2D eigenvalue weighted by molar-refractivity contribution is -0.274. The fraction of sp³-hybridized carbons (Fsp3) is 0.214. The second-order valence-corrected chi connectivity index (χ2v) is 6.65. The molecule has 2 rings (SSSR count). The zero-order chi connectivity index (χ0) is 18.3. The van der Waals surface area contributed by atoms with Crippen LogP contribution >= 0.6 is 23.1 Å². The van der Waals surface area contributed by atoms with Gasteiger partial charge in [-0.25, -0.2) is 0 Å². The van der Waals surface area contributed by atoms with Crippen molar-refractivity contribution >= 4 is 39.8 Å². The maximum Gasteiger partial charge on any atom is 0.573 e. The molecule has 0 unspecified atom stereocenters. The average Bonchev–Trinajstić information content (AvgIpc) is 2.99. The average molecular weight is 390 g/mol. The summed E-state index contributed by atoms with van der Waals surface area (Å²) in [4.78, 5) is 11.9. The van der Waals surface area contributed by atoms with Crippen molar-refractivity contribution in [2.45, 2.75) is 10.7 Å². The van der Waals surface area contributed by atoms with E-state index in [0.29, 0.717) is 21.7 Å². The molecule has 1 heterocycles. The molecule has 1 aromatic carbocycles. The van der Waals surface area contributed by atoms with E-state index in [-0.39, 0.29) is 17.4 Å². The van der Waals surface area contributed by atoms with Crippen LogP contribution in [-0.4, -0.2) is 34.8 Å². The summed E-state index contributed by atoms with van der Waals surface area (Å²) in [6.45, 7) is 4.14. The molecule has 0 saturated carbocycles. The van der Waals surface area contributed by atoms with Crippen LogP contribution in [0.3, 0.4) is 0 Å². The molecule has 0 radical (unpaired) electrons. The lowest BCUT2D eigenvalue weighted by atomic mass is 10.3. The van der Waals surface area contributed by atoms with Crippen molar-refractivity contribution in [3.63, 3.8) is 0 Å². The Morgan fingerprint density at radius 2 is 2.04 bits per heavy atom. The number of amides is 1. The number of rotatable bonds is 8. The second-order valence-electron chi connectivity index (χ2n) is 4.45. The lowest BCUT2D eigenvalue weighted by Gasteiger charge is -2.09.